The summed E-state index contributed by atoms with van der Waals surface area (Å²) in [5, 5.41) is 0. The third kappa shape index (κ3) is 1.04. The fourth-order valence-corrected chi connectivity index (χ4v) is 1.01. The topological polar surface area (TPSA) is 66.6 Å². The number of amides is 4. The maximum atomic E-state index is 10.9. The average molecular weight is 161 g/mol. The number of carbonyl (C=O) groups is 2. The number of hydrogen-bond donors (Lipinski definition) is 1. The van der Waals surface area contributed by atoms with Gasteiger partial charge in [-0.25, -0.2) is 14.5 Å². The van der Waals surface area contributed by atoms with Gasteiger partial charge < -0.3 is 10.4 Å². The third-order valence-corrected chi connectivity index (χ3v) is 1.79. The Bertz CT molecular complexity index is 183. The molecule has 10 heavy (non-hydrogen) atoms. The molecule has 2 N–H and O–H groups in total. The van der Waals surface area contributed by atoms with Crippen LogP contribution >= 0.6 is 9.39 Å². The van der Waals surface area contributed by atoms with Gasteiger partial charge in [0, 0.05) is 6.54 Å². The standard InChI is InChI=1S/C4H8N3O2P/c5-3(8)6-1-2-7(10)4(6)9/h1-2,10H2,(H2,5,8). The minimum atomic E-state index is -0.685. The first-order valence-corrected chi connectivity index (χ1v) is 3.27. The molecule has 0 aromatic heterocycles. The van der Waals surface area contributed by atoms with Crippen molar-refractivity contribution in [3.8, 4) is 0 Å². The molecule has 0 saturated carbocycles. The molecular weight excluding hydrogens is 153 g/mol. The van der Waals surface area contributed by atoms with E-state index in [4.69, 9.17) is 5.73 Å². The molecule has 1 atom stereocenters. The van der Waals surface area contributed by atoms with Gasteiger partial charge in [-0.15, -0.1) is 0 Å². The summed E-state index contributed by atoms with van der Waals surface area (Å²) < 4.78 is 1.37. The molecule has 0 bridgehead atoms. The van der Waals surface area contributed by atoms with Crippen LogP contribution in [0.2, 0.25) is 0 Å². The van der Waals surface area contributed by atoms with E-state index >= 15 is 0 Å². The Hall–Kier alpha value is -0.830. The summed E-state index contributed by atoms with van der Waals surface area (Å²) >= 11 is 0. The van der Waals surface area contributed by atoms with E-state index in [1.54, 1.807) is 0 Å². The summed E-state index contributed by atoms with van der Waals surface area (Å²) in [6.45, 7) is 0.921. The van der Waals surface area contributed by atoms with Crippen molar-refractivity contribution >= 4 is 21.5 Å². The quantitative estimate of drug-likeness (QED) is 0.491. The zero-order valence-electron chi connectivity index (χ0n) is 5.28. The molecule has 0 radical (unpaired) electrons. The summed E-state index contributed by atoms with van der Waals surface area (Å²) in [6, 6.07) is -1.03. The van der Waals surface area contributed by atoms with Crippen molar-refractivity contribution in [2.45, 2.75) is 0 Å². The molecule has 0 spiro atoms. The molecule has 1 saturated heterocycles. The third-order valence-electron chi connectivity index (χ3n) is 1.31. The number of primary amides is 1. The molecule has 1 rings (SSSR count). The van der Waals surface area contributed by atoms with Crippen molar-refractivity contribution in [2.24, 2.45) is 5.73 Å². The number of hydrogen-bond acceptors (Lipinski definition) is 2. The smallest absolute Gasteiger partial charge is 0.331 e. The van der Waals surface area contributed by atoms with Gasteiger partial charge in [-0.3, -0.25) is 0 Å². The lowest BCUT2D eigenvalue weighted by atomic mass is 10.6. The van der Waals surface area contributed by atoms with Gasteiger partial charge in [0.15, 0.2) is 0 Å². The SMILES string of the molecule is NC(=O)N1CCN(P)C1=O. The fourth-order valence-electron chi connectivity index (χ4n) is 0.759. The van der Waals surface area contributed by atoms with E-state index < -0.39 is 6.03 Å². The first kappa shape index (κ1) is 7.28. The maximum absolute atomic E-state index is 10.9. The van der Waals surface area contributed by atoms with Crippen LogP contribution in [0.5, 0.6) is 0 Å². The van der Waals surface area contributed by atoms with Crippen molar-refractivity contribution in [3.05, 3.63) is 0 Å². The maximum Gasteiger partial charge on any atom is 0.331 e. The Kier molecular flexibility index (Phi) is 1.76. The van der Waals surface area contributed by atoms with Crippen LogP contribution in [0.1, 0.15) is 0 Å². The Balaban J connectivity index is 2.66. The van der Waals surface area contributed by atoms with E-state index in [2.05, 4.69) is 9.39 Å². The van der Waals surface area contributed by atoms with E-state index in [-0.39, 0.29) is 6.03 Å². The second-order valence-electron chi connectivity index (χ2n) is 1.97. The van der Waals surface area contributed by atoms with E-state index in [1.807, 2.05) is 0 Å². The number of nitrogens with zero attached hydrogens (tertiary/aromatic N) is 2. The molecule has 6 heteroatoms. The van der Waals surface area contributed by atoms with Gasteiger partial charge in [-0.1, -0.05) is 0 Å². The van der Waals surface area contributed by atoms with Crippen LogP contribution in [0, 0.1) is 0 Å². The number of rotatable bonds is 0. The highest BCUT2D eigenvalue weighted by atomic mass is 31.0. The van der Waals surface area contributed by atoms with Gasteiger partial charge in [0.25, 0.3) is 0 Å². The van der Waals surface area contributed by atoms with Crippen LogP contribution in [0.15, 0.2) is 0 Å². The van der Waals surface area contributed by atoms with Crippen molar-refractivity contribution in [3.63, 3.8) is 0 Å². The van der Waals surface area contributed by atoms with E-state index in [1.165, 1.54) is 4.67 Å². The lowest BCUT2D eigenvalue weighted by molar-refractivity contribution is 0.200. The van der Waals surface area contributed by atoms with Gasteiger partial charge >= 0.3 is 12.1 Å². The largest absolute Gasteiger partial charge is 0.351 e. The van der Waals surface area contributed by atoms with Crippen molar-refractivity contribution in [1.82, 2.24) is 9.57 Å². The minimum absolute atomic E-state index is 0.350. The van der Waals surface area contributed by atoms with Crippen molar-refractivity contribution < 1.29 is 9.59 Å². The number of nitrogens with two attached hydrogens (primary N) is 1. The van der Waals surface area contributed by atoms with E-state index in [0.717, 1.165) is 4.90 Å². The molecule has 0 aromatic rings. The van der Waals surface area contributed by atoms with Gasteiger partial charge in [0.1, 0.15) is 0 Å². The molecule has 1 aliphatic rings. The highest BCUT2D eigenvalue weighted by Crippen LogP contribution is 2.11. The summed E-state index contributed by atoms with van der Waals surface area (Å²) in [5.74, 6) is 0. The lowest BCUT2D eigenvalue weighted by Gasteiger charge is -2.09. The molecule has 1 aliphatic heterocycles. The molecule has 1 unspecified atom stereocenters. The van der Waals surface area contributed by atoms with Crippen molar-refractivity contribution in [2.75, 3.05) is 13.1 Å². The van der Waals surface area contributed by atoms with Gasteiger partial charge in [0.2, 0.25) is 0 Å². The zero-order chi connectivity index (χ0) is 7.72. The van der Waals surface area contributed by atoms with E-state index in [9.17, 15) is 9.59 Å². The summed E-state index contributed by atoms with van der Waals surface area (Å²) in [4.78, 5) is 22.3. The fraction of sp³-hybridized carbons (Fsp3) is 0.500. The second-order valence-corrected chi connectivity index (χ2v) is 2.59. The monoisotopic (exact) mass is 161 g/mol. The normalized spacial score (nSPS) is 18.3. The number of carbonyl (C=O) groups excluding carboxylic acids is 2. The summed E-state index contributed by atoms with van der Waals surface area (Å²) in [6.07, 6.45) is 0. The molecular formula is C4H8N3O2P. The van der Waals surface area contributed by atoms with Gasteiger partial charge in [-0.2, -0.15) is 0 Å². The predicted molar refractivity (Wildman–Crippen MR) is 38.1 cm³/mol. The van der Waals surface area contributed by atoms with E-state index in [0.29, 0.717) is 13.1 Å². The number of imide groups is 1. The minimum Gasteiger partial charge on any atom is -0.351 e. The molecule has 5 nitrogen and oxygen atoms in total. The lowest BCUT2D eigenvalue weighted by Crippen LogP contribution is -2.37. The second kappa shape index (κ2) is 2.42. The van der Waals surface area contributed by atoms with Crippen LogP contribution in [-0.4, -0.2) is 34.7 Å². The highest BCUT2D eigenvalue weighted by molar-refractivity contribution is 7.14. The Labute approximate surface area is 60.4 Å². The van der Waals surface area contributed by atoms with Gasteiger partial charge in [0.05, 0.1) is 6.54 Å². The van der Waals surface area contributed by atoms with Crippen LogP contribution in [0.25, 0.3) is 0 Å². The highest BCUT2D eigenvalue weighted by Gasteiger charge is 2.28. The van der Waals surface area contributed by atoms with Gasteiger partial charge in [-0.05, 0) is 9.39 Å². The first-order valence-electron chi connectivity index (χ1n) is 2.76. The molecule has 0 aliphatic carbocycles. The molecule has 1 heterocycles. The predicted octanol–water partition coefficient (Wildman–Crippen LogP) is -0.407. The zero-order valence-corrected chi connectivity index (χ0v) is 6.43. The average Bonchev–Trinajstić information content (AvgIpc) is 2.14. The number of urea groups is 2. The van der Waals surface area contributed by atoms with Crippen LogP contribution in [-0.2, 0) is 0 Å². The molecule has 0 aromatic carbocycles. The molecule has 56 valence electrons. The summed E-state index contributed by atoms with van der Waals surface area (Å²) in [5.41, 5.74) is 4.88. The van der Waals surface area contributed by atoms with Crippen LogP contribution in [0.3, 0.4) is 0 Å². The Morgan fingerprint density at radius 3 is 2.40 bits per heavy atom. The first-order chi connectivity index (χ1) is 4.63. The van der Waals surface area contributed by atoms with Crippen LogP contribution < -0.4 is 5.73 Å². The van der Waals surface area contributed by atoms with Crippen LogP contribution in [0.4, 0.5) is 9.59 Å². The summed E-state index contributed by atoms with van der Waals surface area (Å²) in [7, 11) is 2.22. The molecule has 1 fully saturated rings. The van der Waals surface area contributed by atoms with Crippen molar-refractivity contribution in [1.29, 1.82) is 0 Å². The Morgan fingerprint density at radius 1 is 1.60 bits per heavy atom. The molecule has 4 amide bonds. The Morgan fingerprint density at radius 2 is 2.20 bits per heavy atom.